The number of nitro groups is 1. The van der Waals surface area contributed by atoms with Gasteiger partial charge in [-0.15, -0.1) is 0 Å². The number of ether oxygens (including phenoxy) is 1. The third kappa shape index (κ3) is 5.39. The van der Waals surface area contributed by atoms with Gasteiger partial charge in [0.2, 0.25) is 0 Å². The zero-order chi connectivity index (χ0) is 28.3. The van der Waals surface area contributed by atoms with Gasteiger partial charge in [0, 0.05) is 57.5 Å². The van der Waals surface area contributed by atoms with Crippen LogP contribution in [-0.2, 0) is 0 Å². The van der Waals surface area contributed by atoms with Gasteiger partial charge in [-0.3, -0.25) is 15.1 Å². The molecule has 8 nitrogen and oxygen atoms in total. The van der Waals surface area contributed by atoms with Crippen molar-refractivity contribution in [1.82, 2.24) is 14.9 Å². The normalized spacial score (nSPS) is 16.4. The number of thiocarbonyl (C=S) groups is 1. The van der Waals surface area contributed by atoms with E-state index in [2.05, 4.69) is 31.9 Å². The summed E-state index contributed by atoms with van der Waals surface area (Å²) in [5.74, 6) is 0.779. The van der Waals surface area contributed by atoms with E-state index in [1.807, 2.05) is 72.9 Å². The largest absolute Gasteiger partial charge is 0.497 e. The van der Waals surface area contributed by atoms with Crippen molar-refractivity contribution in [3.63, 3.8) is 0 Å². The molecule has 0 bridgehead atoms. The van der Waals surface area contributed by atoms with E-state index >= 15 is 0 Å². The van der Waals surface area contributed by atoms with Crippen LogP contribution in [0.4, 0.5) is 11.4 Å². The predicted molar refractivity (Wildman–Crippen MR) is 164 cm³/mol. The standard InChI is InChI=1S/C31H25N5O3S2/c1-39-24-7-4-6-23(20-24)34-19-5-9-28(34)30-29(27-8-2-3-18-32-27)33-31(40)35(30)21-10-14-25(15-11-21)41-26-16-12-22(13-17-26)36(37)38/h2-20,29-30H,1H3,(H,33,40)/t29-,30+/m1/s1. The summed E-state index contributed by atoms with van der Waals surface area (Å²) in [5, 5.41) is 15.1. The van der Waals surface area contributed by atoms with Crippen LogP contribution >= 0.6 is 24.0 Å². The van der Waals surface area contributed by atoms with Crippen molar-refractivity contribution in [1.29, 1.82) is 0 Å². The van der Waals surface area contributed by atoms with Crippen LogP contribution in [0.3, 0.4) is 0 Å². The fourth-order valence-electron chi connectivity index (χ4n) is 5.01. The van der Waals surface area contributed by atoms with Crippen LogP contribution in [0, 0.1) is 10.1 Å². The number of non-ortho nitro benzene ring substituents is 1. The van der Waals surface area contributed by atoms with E-state index in [9.17, 15) is 10.1 Å². The first kappa shape index (κ1) is 26.5. The number of rotatable bonds is 8. The fraction of sp³-hybridized carbons (Fsp3) is 0.0968. The van der Waals surface area contributed by atoms with Crippen molar-refractivity contribution >= 4 is 40.5 Å². The zero-order valence-corrected chi connectivity index (χ0v) is 23.6. The molecule has 0 unspecified atom stereocenters. The molecule has 1 aliphatic heterocycles. The van der Waals surface area contributed by atoms with Gasteiger partial charge in [0.05, 0.1) is 23.8 Å². The van der Waals surface area contributed by atoms with Gasteiger partial charge in [-0.25, -0.2) is 0 Å². The molecule has 3 aromatic carbocycles. The summed E-state index contributed by atoms with van der Waals surface area (Å²) in [6.45, 7) is 0. The molecule has 0 aliphatic carbocycles. The van der Waals surface area contributed by atoms with Crippen LogP contribution in [0.15, 0.2) is 125 Å². The molecule has 10 heteroatoms. The molecule has 0 radical (unpaired) electrons. The van der Waals surface area contributed by atoms with Crippen molar-refractivity contribution in [2.45, 2.75) is 21.9 Å². The lowest BCUT2D eigenvalue weighted by Gasteiger charge is -2.29. The minimum atomic E-state index is -0.393. The lowest BCUT2D eigenvalue weighted by Crippen LogP contribution is -2.30. The van der Waals surface area contributed by atoms with Crippen LogP contribution in [0.2, 0.25) is 0 Å². The summed E-state index contributed by atoms with van der Waals surface area (Å²) in [4.78, 5) is 19.3. The third-order valence-corrected chi connectivity index (χ3v) is 8.24. The molecule has 6 rings (SSSR count). The molecule has 3 heterocycles. The molecule has 1 aliphatic rings. The van der Waals surface area contributed by atoms with Gasteiger partial charge in [0.1, 0.15) is 11.8 Å². The minimum Gasteiger partial charge on any atom is -0.497 e. The summed E-state index contributed by atoms with van der Waals surface area (Å²) >= 11 is 7.46. The van der Waals surface area contributed by atoms with E-state index in [0.29, 0.717) is 5.11 Å². The molecule has 41 heavy (non-hydrogen) atoms. The van der Waals surface area contributed by atoms with E-state index in [4.69, 9.17) is 17.0 Å². The predicted octanol–water partition coefficient (Wildman–Crippen LogP) is 7.12. The Labute approximate surface area is 246 Å². The number of nitrogens with one attached hydrogen (secondary N) is 1. The SMILES string of the molecule is COc1cccc(-n2cccc2[C@H]2[C@@H](c3ccccn3)NC(=S)N2c2ccc(Sc3ccc([N+](=O)[O-])cc3)cc2)c1. The Hall–Kier alpha value is -4.67. The zero-order valence-electron chi connectivity index (χ0n) is 22.0. The lowest BCUT2D eigenvalue weighted by atomic mass is 10.0. The highest BCUT2D eigenvalue weighted by molar-refractivity contribution is 7.99. The van der Waals surface area contributed by atoms with Crippen molar-refractivity contribution in [2.24, 2.45) is 0 Å². The minimum absolute atomic E-state index is 0.0759. The maximum Gasteiger partial charge on any atom is 0.269 e. The van der Waals surface area contributed by atoms with Crippen LogP contribution in [0.25, 0.3) is 5.69 Å². The first-order valence-electron chi connectivity index (χ1n) is 12.9. The van der Waals surface area contributed by atoms with Crippen LogP contribution < -0.4 is 15.0 Å². The number of hydrogen-bond donors (Lipinski definition) is 1. The first-order valence-corrected chi connectivity index (χ1v) is 14.1. The van der Waals surface area contributed by atoms with Gasteiger partial charge in [0.15, 0.2) is 5.11 Å². The highest BCUT2D eigenvalue weighted by atomic mass is 32.2. The Balaban J connectivity index is 1.36. The van der Waals surface area contributed by atoms with Crippen LogP contribution in [-0.4, -0.2) is 26.7 Å². The number of hydrogen-bond acceptors (Lipinski definition) is 6. The number of pyridine rings is 1. The van der Waals surface area contributed by atoms with E-state index in [1.54, 1.807) is 37.2 Å². The molecule has 0 saturated carbocycles. The molecule has 1 fully saturated rings. The van der Waals surface area contributed by atoms with Gasteiger partial charge in [-0.2, -0.15) is 0 Å². The van der Waals surface area contributed by atoms with E-state index in [0.717, 1.165) is 38.3 Å². The van der Waals surface area contributed by atoms with Gasteiger partial charge in [-0.1, -0.05) is 23.9 Å². The smallest absolute Gasteiger partial charge is 0.269 e. The molecule has 5 aromatic rings. The number of benzene rings is 3. The molecular weight excluding hydrogens is 555 g/mol. The molecular formula is C31H25N5O3S2. The summed E-state index contributed by atoms with van der Waals surface area (Å²) in [7, 11) is 1.66. The maximum absolute atomic E-state index is 11.0. The Morgan fingerprint density at radius 3 is 2.37 bits per heavy atom. The number of nitrogens with zero attached hydrogens (tertiary/aromatic N) is 4. The highest BCUT2D eigenvalue weighted by Gasteiger charge is 2.42. The van der Waals surface area contributed by atoms with Gasteiger partial charge in [0.25, 0.3) is 5.69 Å². The monoisotopic (exact) mass is 579 g/mol. The Morgan fingerprint density at radius 1 is 0.927 bits per heavy atom. The third-order valence-electron chi connectivity index (χ3n) is 6.91. The summed E-state index contributed by atoms with van der Waals surface area (Å²) in [5.41, 5.74) is 3.94. The average molecular weight is 580 g/mol. The second-order valence-corrected chi connectivity index (χ2v) is 10.9. The summed E-state index contributed by atoms with van der Waals surface area (Å²) < 4.78 is 7.64. The van der Waals surface area contributed by atoms with Crippen molar-refractivity contribution in [2.75, 3.05) is 12.0 Å². The Bertz CT molecular complexity index is 1690. The van der Waals surface area contributed by atoms with Gasteiger partial charge in [-0.05, 0) is 85.0 Å². The number of nitro benzene ring substituents is 1. The average Bonchev–Trinajstić information content (AvgIpc) is 3.63. The van der Waals surface area contributed by atoms with E-state index in [1.165, 1.54) is 12.1 Å². The fourth-order valence-corrected chi connectivity index (χ4v) is 6.17. The molecule has 1 saturated heterocycles. The second-order valence-electron chi connectivity index (χ2n) is 9.35. The maximum atomic E-state index is 11.0. The highest BCUT2D eigenvalue weighted by Crippen LogP contribution is 2.43. The van der Waals surface area contributed by atoms with Crippen LogP contribution in [0.5, 0.6) is 5.75 Å². The topological polar surface area (TPSA) is 85.5 Å². The summed E-state index contributed by atoms with van der Waals surface area (Å²) in [6, 6.07) is 32.4. The Morgan fingerprint density at radius 2 is 1.68 bits per heavy atom. The van der Waals surface area contributed by atoms with E-state index in [-0.39, 0.29) is 17.8 Å². The molecule has 2 atom stereocenters. The molecule has 0 amide bonds. The molecule has 1 N–H and O–H groups in total. The first-order chi connectivity index (χ1) is 20.0. The van der Waals surface area contributed by atoms with Crippen molar-refractivity contribution in [3.8, 4) is 11.4 Å². The lowest BCUT2D eigenvalue weighted by molar-refractivity contribution is -0.384. The number of anilines is 1. The number of methoxy groups -OCH3 is 1. The van der Waals surface area contributed by atoms with Crippen molar-refractivity contribution < 1.29 is 9.66 Å². The molecule has 204 valence electrons. The summed E-state index contributed by atoms with van der Waals surface area (Å²) in [6.07, 6.45) is 3.84. The number of aromatic nitrogens is 2. The second kappa shape index (κ2) is 11.4. The van der Waals surface area contributed by atoms with Gasteiger partial charge >= 0.3 is 0 Å². The van der Waals surface area contributed by atoms with Gasteiger partial charge < -0.3 is 19.5 Å². The van der Waals surface area contributed by atoms with Crippen LogP contribution in [0.1, 0.15) is 23.5 Å². The molecule has 0 spiro atoms. The quantitative estimate of drug-likeness (QED) is 0.118. The Kier molecular flexibility index (Phi) is 7.41. The van der Waals surface area contributed by atoms with Crippen molar-refractivity contribution in [3.05, 3.63) is 137 Å². The van der Waals surface area contributed by atoms with E-state index < -0.39 is 4.92 Å². The molecule has 2 aromatic heterocycles.